The quantitative estimate of drug-likeness (QED) is 0.857. The Bertz CT molecular complexity index is 375. The van der Waals surface area contributed by atoms with Gasteiger partial charge in [0.2, 0.25) is 0 Å². The lowest BCUT2D eigenvalue weighted by Gasteiger charge is -2.18. The molecule has 1 unspecified atom stereocenters. The smallest absolute Gasteiger partial charge is 0.318 e. The number of methoxy groups -OCH3 is 1. The Morgan fingerprint density at radius 1 is 1.69 bits per heavy atom. The fourth-order valence-corrected chi connectivity index (χ4v) is 2.05. The van der Waals surface area contributed by atoms with E-state index in [0.29, 0.717) is 22.8 Å². The number of rotatable bonds is 3. The van der Waals surface area contributed by atoms with E-state index in [1.54, 1.807) is 0 Å². The van der Waals surface area contributed by atoms with E-state index in [2.05, 4.69) is 9.97 Å². The van der Waals surface area contributed by atoms with E-state index in [-0.39, 0.29) is 6.61 Å². The van der Waals surface area contributed by atoms with Crippen LogP contribution in [0.3, 0.4) is 0 Å². The van der Waals surface area contributed by atoms with Gasteiger partial charge in [0.05, 0.1) is 13.3 Å². The monoisotopic (exact) mass is 243 g/mol. The Hall–Kier alpha value is -1.07. The van der Waals surface area contributed by atoms with Gasteiger partial charge in [0.25, 0.3) is 0 Å². The number of hydrogen-bond donors (Lipinski definition) is 1. The molecule has 1 N–H and O–H groups in total. The van der Waals surface area contributed by atoms with Gasteiger partial charge in [0, 0.05) is 25.6 Å². The maximum absolute atomic E-state index is 9.08. The third-order valence-corrected chi connectivity index (χ3v) is 3.00. The van der Waals surface area contributed by atoms with Gasteiger partial charge in [-0.2, -0.15) is 4.98 Å². The molecule has 0 aromatic carbocycles. The zero-order valence-corrected chi connectivity index (χ0v) is 9.81. The van der Waals surface area contributed by atoms with E-state index in [4.69, 9.17) is 21.4 Å². The van der Waals surface area contributed by atoms with Crippen LogP contribution >= 0.6 is 11.6 Å². The number of aliphatic hydroxyl groups is 1. The molecule has 88 valence electrons. The predicted molar refractivity (Wildman–Crippen MR) is 61.0 cm³/mol. The molecular formula is C10H14ClN3O2. The van der Waals surface area contributed by atoms with Crippen molar-refractivity contribution in [3.05, 3.63) is 11.2 Å². The van der Waals surface area contributed by atoms with E-state index >= 15 is 0 Å². The molecule has 0 radical (unpaired) electrons. The Morgan fingerprint density at radius 3 is 3.12 bits per heavy atom. The number of anilines is 1. The summed E-state index contributed by atoms with van der Waals surface area (Å²) in [5.74, 6) is 0.987. The summed E-state index contributed by atoms with van der Waals surface area (Å²) in [5.41, 5.74) is 0. The van der Waals surface area contributed by atoms with Gasteiger partial charge in [0.1, 0.15) is 5.02 Å². The van der Waals surface area contributed by atoms with E-state index in [1.807, 2.05) is 4.90 Å². The van der Waals surface area contributed by atoms with Crippen molar-refractivity contribution < 1.29 is 9.84 Å². The first kappa shape index (κ1) is 11.4. The standard InChI is InChI=1S/C10H14ClN3O2/c1-16-10-12-4-8(11)9(13-10)14-3-2-7(5-14)6-15/h4,7,15H,2-3,5-6H2,1H3. The molecule has 16 heavy (non-hydrogen) atoms. The van der Waals surface area contributed by atoms with E-state index in [1.165, 1.54) is 13.3 Å². The van der Waals surface area contributed by atoms with Gasteiger partial charge in [0.15, 0.2) is 5.82 Å². The van der Waals surface area contributed by atoms with Crippen molar-refractivity contribution in [3.63, 3.8) is 0 Å². The molecule has 2 heterocycles. The average molecular weight is 244 g/mol. The van der Waals surface area contributed by atoms with Gasteiger partial charge in [-0.05, 0) is 6.42 Å². The largest absolute Gasteiger partial charge is 0.467 e. The second-order valence-corrected chi connectivity index (χ2v) is 4.22. The maximum atomic E-state index is 9.08. The Labute approximate surface area is 99.0 Å². The minimum atomic E-state index is 0.205. The molecule has 1 saturated heterocycles. The van der Waals surface area contributed by atoms with Crippen LogP contribution in [0, 0.1) is 5.92 Å². The van der Waals surface area contributed by atoms with Gasteiger partial charge in [-0.25, -0.2) is 4.98 Å². The molecule has 0 amide bonds. The van der Waals surface area contributed by atoms with Gasteiger partial charge in [-0.15, -0.1) is 0 Å². The highest BCUT2D eigenvalue weighted by Crippen LogP contribution is 2.29. The third kappa shape index (κ3) is 2.20. The number of hydrogen-bond acceptors (Lipinski definition) is 5. The van der Waals surface area contributed by atoms with Crippen LogP contribution in [0.25, 0.3) is 0 Å². The molecule has 1 fully saturated rings. The SMILES string of the molecule is COc1ncc(Cl)c(N2CCC(CO)C2)n1. The zero-order valence-electron chi connectivity index (χ0n) is 9.06. The number of ether oxygens (including phenoxy) is 1. The molecule has 1 aromatic rings. The molecule has 1 aliphatic heterocycles. The summed E-state index contributed by atoms with van der Waals surface area (Å²) in [6.45, 7) is 1.83. The molecule has 0 aliphatic carbocycles. The highest BCUT2D eigenvalue weighted by atomic mass is 35.5. The van der Waals surface area contributed by atoms with E-state index < -0.39 is 0 Å². The van der Waals surface area contributed by atoms with Gasteiger partial charge < -0.3 is 14.7 Å². The summed E-state index contributed by atoms with van der Waals surface area (Å²) in [7, 11) is 1.52. The summed E-state index contributed by atoms with van der Waals surface area (Å²) in [6, 6.07) is 0.312. The van der Waals surface area contributed by atoms with Crippen molar-refractivity contribution in [1.29, 1.82) is 0 Å². The fraction of sp³-hybridized carbons (Fsp3) is 0.600. The van der Waals surface area contributed by atoms with Crippen LogP contribution in [0.1, 0.15) is 6.42 Å². The second kappa shape index (κ2) is 4.84. The van der Waals surface area contributed by atoms with Crippen LogP contribution in [0.5, 0.6) is 6.01 Å². The molecule has 1 atom stereocenters. The molecular weight excluding hydrogens is 230 g/mol. The fourth-order valence-electron chi connectivity index (χ4n) is 1.84. The first-order valence-corrected chi connectivity index (χ1v) is 5.54. The van der Waals surface area contributed by atoms with Crippen molar-refractivity contribution >= 4 is 17.4 Å². The van der Waals surface area contributed by atoms with Gasteiger partial charge in [-0.1, -0.05) is 11.6 Å². The molecule has 0 spiro atoms. The molecule has 0 saturated carbocycles. The molecule has 0 bridgehead atoms. The summed E-state index contributed by atoms with van der Waals surface area (Å²) in [6.07, 6.45) is 2.49. The van der Waals surface area contributed by atoms with Crippen molar-refractivity contribution in [3.8, 4) is 6.01 Å². The number of aliphatic hydroxyl groups excluding tert-OH is 1. The lowest BCUT2D eigenvalue weighted by Crippen LogP contribution is -2.22. The lowest BCUT2D eigenvalue weighted by atomic mass is 10.1. The van der Waals surface area contributed by atoms with E-state index in [9.17, 15) is 0 Å². The first-order valence-electron chi connectivity index (χ1n) is 5.17. The van der Waals surface area contributed by atoms with E-state index in [0.717, 1.165) is 19.5 Å². The van der Waals surface area contributed by atoms with Crippen LogP contribution in [0.2, 0.25) is 5.02 Å². The highest BCUT2D eigenvalue weighted by molar-refractivity contribution is 6.32. The van der Waals surface area contributed by atoms with Crippen molar-refractivity contribution in [1.82, 2.24) is 9.97 Å². The van der Waals surface area contributed by atoms with Crippen LogP contribution < -0.4 is 9.64 Å². The third-order valence-electron chi connectivity index (χ3n) is 2.73. The number of nitrogens with zero attached hydrogens (tertiary/aromatic N) is 3. The minimum absolute atomic E-state index is 0.205. The Kier molecular flexibility index (Phi) is 3.46. The minimum Gasteiger partial charge on any atom is -0.467 e. The highest BCUT2D eigenvalue weighted by Gasteiger charge is 2.24. The average Bonchev–Trinajstić information content (AvgIpc) is 2.78. The van der Waals surface area contributed by atoms with Crippen molar-refractivity contribution in [2.24, 2.45) is 5.92 Å². The maximum Gasteiger partial charge on any atom is 0.318 e. The lowest BCUT2D eigenvalue weighted by molar-refractivity contribution is 0.238. The summed E-state index contributed by atoms with van der Waals surface area (Å²) in [4.78, 5) is 10.2. The molecule has 1 aliphatic rings. The van der Waals surface area contributed by atoms with Crippen LogP contribution in [0.4, 0.5) is 5.82 Å². The zero-order chi connectivity index (χ0) is 11.5. The van der Waals surface area contributed by atoms with Crippen LogP contribution in [0.15, 0.2) is 6.20 Å². The number of aromatic nitrogens is 2. The van der Waals surface area contributed by atoms with Gasteiger partial charge >= 0.3 is 6.01 Å². The molecule has 2 rings (SSSR count). The van der Waals surface area contributed by atoms with Crippen molar-refractivity contribution in [2.75, 3.05) is 31.7 Å². The molecule has 1 aromatic heterocycles. The normalized spacial score (nSPS) is 20.2. The summed E-state index contributed by atoms with van der Waals surface area (Å²) in [5, 5.41) is 9.60. The Morgan fingerprint density at radius 2 is 2.50 bits per heavy atom. The molecule has 5 nitrogen and oxygen atoms in total. The topological polar surface area (TPSA) is 58.5 Å². The summed E-state index contributed by atoms with van der Waals surface area (Å²) < 4.78 is 4.97. The Balaban J connectivity index is 2.20. The van der Waals surface area contributed by atoms with Crippen molar-refractivity contribution in [2.45, 2.75) is 6.42 Å². The van der Waals surface area contributed by atoms with Gasteiger partial charge in [-0.3, -0.25) is 0 Å². The van der Waals surface area contributed by atoms with Crippen LogP contribution in [-0.4, -0.2) is 41.9 Å². The summed E-state index contributed by atoms with van der Waals surface area (Å²) >= 11 is 6.04. The first-order chi connectivity index (χ1) is 7.74. The predicted octanol–water partition coefficient (Wildman–Crippen LogP) is 0.957. The van der Waals surface area contributed by atoms with Crippen LogP contribution in [-0.2, 0) is 0 Å². The molecule has 6 heteroatoms. The number of halogens is 1. The second-order valence-electron chi connectivity index (χ2n) is 3.81.